The van der Waals surface area contributed by atoms with E-state index in [9.17, 15) is 14.4 Å². The molecule has 2 N–H and O–H groups in total. The number of urea groups is 1. The van der Waals surface area contributed by atoms with Gasteiger partial charge in [-0.15, -0.1) is 0 Å². The lowest BCUT2D eigenvalue weighted by atomic mass is 10.2. The van der Waals surface area contributed by atoms with Crippen LogP contribution in [0.25, 0.3) is 0 Å². The summed E-state index contributed by atoms with van der Waals surface area (Å²) in [6.45, 7) is 5.65. The van der Waals surface area contributed by atoms with Crippen molar-refractivity contribution in [1.29, 1.82) is 0 Å². The summed E-state index contributed by atoms with van der Waals surface area (Å²) < 4.78 is 11.5. The van der Waals surface area contributed by atoms with E-state index in [1.54, 1.807) is 19.1 Å². The Morgan fingerprint density at radius 3 is 2.74 bits per heavy atom. The van der Waals surface area contributed by atoms with Crippen LogP contribution in [0.3, 0.4) is 0 Å². The highest BCUT2D eigenvalue weighted by Crippen LogP contribution is 2.21. The molecule has 0 radical (unpaired) electrons. The fraction of sp³-hybridized carbons (Fsp3) is 0.412. The molecule has 2 aromatic rings. The summed E-state index contributed by atoms with van der Waals surface area (Å²) >= 11 is 6.18. The summed E-state index contributed by atoms with van der Waals surface area (Å²) in [7, 11) is 0. The van der Waals surface area contributed by atoms with Crippen LogP contribution in [-0.2, 0) is 22.6 Å². The SMILES string of the molecule is Cc1nn(CC(C)C)c(Cl)c1C(=O)OCC(=O)NC(=O)NCc1ccco1. The van der Waals surface area contributed by atoms with Crippen LogP contribution in [0.4, 0.5) is 4.79 Å². The normalized spacial score (nSPS) is 10.7. The quantitative estimate of drug-likeness (QED) is 0.693. The number of aromatic nitrogens is 2. The number of imide groups is 1. The molecular weight excluding hydrogens is 376 g/mol. The number of esters is 1. The van der Waals surface area contributed by atoms with E-state index in [0.29, 0.717) is 18.0 Å². The van der Waals surface area contributed by atoms with E-state index in [-0.39, 0.29) is 23.2 Å². The van der Waals surface area contributed by atoms with Crippen LogP contribution in [-0.4, -0.2) is 34.3 Å². The number of nitrogens with zero attached hydrogens (tertiary/aromatic N) is 2. The summed E-state index contributed by atoms with van der Waals surface area (Å²) in [5.74, 6) is -0.731. The highest BCUT2D eigenvalue weighted by molar-refractivity contribution is 6.32. The van der Waals surface area contributed by atoms with Crippen LogP contribution in [0.1, 0.15) is 35.7 Å². The van der Waals surface area contributed by atoms with Gasteiger partial charge in [0, 0.05) is 6.54 Å². The highest BCUT2D eigenvalue weighted by atomic mass is 35.5. The fourth-order valence-corrected chi connectivity index (χ4v) is 2.56. The van der Waals surface area contributed by atoms with Crippen LogP contribution in [0.15, 0.2) is 22.8 Å². The van der Waals surface area contributed by atoms with E-state index in [1.165, 1.54) is 10.9 Å². The number of halogens is 1. The average Bonchev–Trinajstić information content (AvgIpc) is 3.19. The van der Waals surface area contributed by atoms with E-state index in [2.05, 4.69) is 10.4 Å². The number of hydrogen-bond acceptors (Lipinski definition) is 6. The zero-order valence-corrected chi connectivity index (χ0v) is 16.0. The van der Waals surface area contributed by atoms with Crippen LogP contribution in [0.5, 0.6) is 0 Å². The van der Waals surface area contributed by atoms with Gasteiger partial charge in [-0.25, -0.2) is 9.59 Å². The van der Waals surface area contributed by atoms with Gasteiger partial charge >= 0.3 is 12.0 Å². The van der Waals surface area contributed by atoms with Gasteiger partial charge in [-0.1, -0.05) is 25.4 Å². The molecule has 0 saturated heterocycles. The maximum absolute atomic E-state index is 12.2. The Morgan fingerprint density at radius 1 is 1.37 bits per heavy atom. The Morgan fingerprint density at radius 2 is 2.11 bits per heavy atom. The largest absolute Gasteiger partial charge is 0.467 e. The molecule has 10 heteroatoms. The monoisotopic (exact) mass is 396 g/mol. The molecule has 0 saturated carbocycles. The second-order valence-electron chi connectivity index (χ2n) is 6.21. The molecule has 3 amide bonds. The summed E-state index contributed by atoms with van der Waals surface area (Å²) in [5.41, 5.74) is 0.509. The van der Waals surface area contributed by atoms with Gasteiger partial charge < -0.3 is 14.5 Å². The molecule has 2 heterocycles. The number of ether oxygens (including phenoxy) is 1. The molecule has 0 atom stereocenters. The maximum Gasteiger partial charge on any atom is 0.343 e. The maximum atomic E-state index is 12.2. The Balaban J connectivity index is 1.83. The van der Waals surface area contributed by atoms with Gasteiger partial charge in [-0.05, 0) is 25.0 Å². The molecule has 27 heavy (non-hydrogen) atoms. The summed E-state index contributed by atoms with van der Waals surface area (Å²) in [6.07, 6.45) is 1.47. The van der Waals surface area contributed by atoms with Crippen LogP contribution in [0, 0.1) is 12.8 Å². The Bertz CT molecular complexity index is 814. The van der Waals surface area contributed by atoms with Gasteiger partial charge in [0.25, 0.3) is 5.91 Å². The first kappa shape index (κ1) is 20.5. The Hall–Kier alpha value is -2.81. The number of hydrogen-bond donors (Lipinski definition) is 2. The van der Waals surface area contributed by atoms with Crippen LogP contribution >= 0.6 is 11.6 Å². The minimum atomic E-state index is -0.779. The van der Waals surface area contributed by atoms with Crippen molar-refractivity contribution in [3.8, 4) is 0 Å². The smallest absolute Gasteiger partial charge is 0.343 e. The predicted octanol–water partition coefficient (Wildman–Crippen LogP) is 2.28. The molecule has 0 aliphatic rings. The first-order chi connectivity index (χ1) is 12.8. The lowest BCUT2D eigenvalue weighted by molar-refractivity contribution is -0.123. The molecular formula is C17H21ClN4O5. The topological polar surface area (TPSA) is 115 Å². The molecule has 0 aromatic carbocycles. The lowest BCUT2D eigenvalue weighted by Gasteiger charge is -2.07. The molecule has 9 nitrogen and oxygen atoms in total. The van der Waals surface area contributed by atoms with Crippen molar-refractivity contribution >= 4 is 29.5 Å². The van der Waals surface area contributed by atoms with Gasteiger partial charge in [-0.2, -0.15) is 5.10 Å². The average molecular weight is 397 g/mol. The number of furan rings is 1. The standard InChI is InChI=1S/C17H21ClN4O5/c1-10(2)8-22-15(18)14(11(3)21-22)16(24)27-9-13(23)20-17(25)19-7-12-5-4-6-26-12/h4-6,10H,7-9H2,1-3H3,(H2,19,20,23,25). The zero-order chi connectivity index (χ0) is 20.0. The minimum absolute atomic E-state index is 0.104. The highest BCUT2D eigenvalue weighted by Gasteiger charge is 2.23. The summed E-state index contributed by atoms with van der Waals surface area (Å²) in [6, 6.07) is 2.62. The number of aryl methyl sites for hydroxylation is 1. The van der Waals surface area contributed by atoms with Gasteiger partial charge in [0.05, 0.1) is 18.5 Å². The summed E-state index contributed by atoms with van der Waals surface area (Å²) in [4.78, 5) is 35.6. The van der Waals surface area contributed by atoms with E-state index in [1.807, 2.05) is 19.2 Å². The van der Waals surface area contributed by atoms with E-state index < -0.39 is 24.5 Å². The molecule has 0 unspecified atom stereocenters. The third-order valence-electron chi connectivity index (χ3n) is 3.40. The number of carbonyl (C=O) groups is 3. The second-order valence-corrected chi connectivity index (χ2v) is 6.57. The molecule has 2 aromatic heterocycles. The summed E-state index contributed by atoms with van der Waals surface area (Å²) in [5, 5.41) is 8.84. The molecule has 0 bridgehead atoms. The number of rotatable bonds is 7. The number of amides is 3. The Kier molecular flexibility index (Phi) is 7.00. The van der Waals surface area contributed by atoms with Crippen molar-refractivity contribution in [2.24, 2.45) is 5.92 Å². The van der Waals surface area contributed by atoms with E-state index >= 15 is 0 Å². The predicted molar refractivity (Wildman–Crippen MR) is 96.2 cm³/mol. The Labute approximate surface area is 161 Å². The van der Waals surface area contributed by atoms with E-state index in [4.69, 9.17) is 20.8 Å². The molecule has 0 aliphatic carbocycles. The molecule has 2 rings (SSSR count). The van der Waals surface area contributed by atoms with E-state index in [0.717, 1.165) is 0 Å². The van der Waals surface area contributed by atoms with Crippen molar-refractivity contribution in [3.63, 3.8) is 0 Å². The second kappa shape index (κ2) is 9.22. The van der Waals surface area contributed by atoms with Crippen molar-refractivity contribution in [3.05, 3.63) is 40.6 Å². The van der Waals surface area contributed by atoms with Gasteiger partial charge in [0.15, 0.2) is 6.61 Å². The third-order valence-corrected chi connectivity index (χ3v) is 3.78. The number of nitrogens with one attached hydrogen (secondary N) is 2. The fourth-order valence-electron chi connectivity index (χ4n) is 2.24. The zero-order valence-electron chi connectivity index (χ0n) is 15.2. The third kappa shape index (κ3) is 5.85. The molecule has 146 valence electrons. The van der Waals surface area contributed by atoms with Crippen LogP contribution < -0.4 is 10.6 Å². The van der Waals surface area contributed by atoms with Crippen molar-refractivity contribution in [1.82, 2.24) is 20.4 Å². The molecule has 0 aliphatic heterocycles. The van der Waals surface area contributed by atoms with Crippen LogP contribution in [0.2, 0.25) is 5.15 Å². The van der Waals surface area contributed by atoms with Crippen molar-refractivity contribution in [2.45, 2.75) is 33.9 Å². The molecule has 0 spiro atoms. The first-order valence-corrected chi connectivity index (χ1v) is 8.65. The van der Waals surface area contributed by atoms with Crippen molar-refractivity contribution in [2.75, 3.05) is 6.61 Å². The van der Waals surface area contributed by atoms with Gasteiger partial charge in [0.2, 0.25) is 0 Å². The van der Waals surface area contributed by atoms with Gasteiger partial charge in [-0.3, -0.25) is 14.8 Å². The van der Waals surface area contributed by atoms with Gasteiger partial charge in [0.1, 0.15) is 16.5 Å². The number of carbonyl (C=O) groups excluding carboxylic acids is 3. The first-order valence-electron chi connectivity index (χ1n) is 8.28. The van der Waals surface area contributed by atoms with Crippen molar-refractivity contribution < 1.29 is 23.5 Å². The lowest BCUT2D eigenvalue weighted by Crippen LogP contribution is -2.41. The minimum Gasteiger partial charge on any atom is -0.467 e. The molecule has 0 fully saturated rings.